The van der Waals surface area contributed by atoms with Crippen molar-refractivity contribution in [2.75, 3.05) is 0 Å². The molecule has 0 aromatic heterocycles. The minimum atomic E-state index is -1.04. The predicted molar refractivity (Wildman–Crippen MR) is 76.7 cm³/mol. The van der Waals surface area contributed by atoms with Gasteiger partial charge >= 0.3 is 5.97 Å². The zero-order valence-electron chi connectivity index (χ0n) is 11.7. The monoisotopic (exact) mass is 287 g/mol. The number of hydrogen-bond acceptors (Lipinski definition) is 4. The summed E-state index contributed by atoms with van der Waals surface area (Å²) >= 11 is 0. The van der Waals surface area contributed by atoms with Gasteiger partial charge in [-0.2, -0.15) is 0 Å². The molecule has 0 heterocycles. The third kappa shape index (κ3) is 3.56. The van der Waals surface area contributed by atoms with Gasteiger partial charge in [-0.05, 0) is 18.4 Å². The van der Waals surface area contributed by atoms with Crippen LogP contribution in [-0.4, -0.2) is 28.7 Å². The lowest BCUT2D eigenvalue weighted by molar-refractivity contribution is -0.138. The number of rotatable bonds is 4. The van der Waals surface area contributed by atoms with E-state index in [1.807, 2.05) is 30.3 Å². The summed E-state index contributed by atoms with van der Waals surface area (Å²) < 4.78 is 0. The van der Waals surface area contributed by atoms with Crippen LogP contribution in [0.4, 0.5) is 0 Å². The van der Waals surface area contributed by atoms with Crippen LogP contribution >= 0.6 is 0 Å². The van der Waals surface area contributed by atoms with Gasteiger partial charge in [-0.15, -0.1) is 0 Å². The smallest absolute Gasteiger partial charge is 0.325 e. The zero-order valence-corrected chi connectivity index (χ0v) is 11.7. The van der Waals surface area contributed by atoms with Crippen molar-refractivity contribution in [1.82, 2.24) is 5.32 Å². The van der Waals surface area contributed by atoms with Crippen molar-refractivity contribution in [2.45, 2.75) is 31.7 Å². The van der Waals surface area contributed by atoms with Gasteiger partial charge in [-0.25, -0.2) is 0 Å². The average molecular weight is 287 g/mol. The van der Waals surface area contributed by atoms with E-state index in [9.17, 15) is 14.4 Å². The first-order chi connectivity index (χ1) is 9.99. The molecule has 1 fully saturated rings. The molecular weight excluding hydrogens is 270 g/mol. The highest BCUT2D eigenvalue weighted by molar-refractivity contribution is 6.22. The van der Waals surface area contributed by atoms with Gasteiger partial charge in [0.15, 0.2) is 11.6 Å². The van der Waals surface area contributed by atoms with E-state index in [0.29, 0.717) is 0 Å². The molecule has 0 saturated heterocycles. The minimum absolute atomic E-state index is 0.0651. The molecule has 5 heteroatoms. The highest BCUT2D eigenvalue weighted by atomic mass is 16.4. The van der Waals surface area contributed by atoms with Crippen LogP contribution in [0, 0.1) is 0 Å². The fourth-order valence-electron chi connectivity index (χ4n) is 2.30. The number of hydrogen-bond donors (Lipinski definition) is 2. The topological polar surface area (TPSA) is 83.5 Å². The van der Waals surface area contributed by atoms with Crippen molar-refractivity contribution < 1.29 is 19.5 Å². The average Bonchev–Trinajstić information content (AvgIpc) is 2.46. The van der Waals surface area contributed by atoms with Gasteiger partial charge in [0.05, 0.1) is 5.57 Å². The highest BCUT2D eigenvalue weighted by Gasteiger charge is 2.31. The van der Waals surface area contributed by atoms with Crippen LogP contribution in [0.1, 0.15) is 31.2 Å². The number of ketones is 2. The second-order valence-corrected chi connectivity index (χ2v) is 5.15. The lowest BCUT2D eigenvalue weighted by Gasteiger charge is -2.22. The van der Waals surface area contributed by atoms with Crippen LogP contribution in [0.5, 0.6) is 0 Å². The summed E-state index contributed by atoms with van der Waals surface area (Å²) in [7, 11) is 0. The molecule has 0 aliphatic heterocycles. The molecule has 2 rings (SSSR count). The largest absolute Gasteiger partial charge is 0.480 e. The Balaban J connectivity index is 2.10. The summed E-state index contributed by atoms with van der Waals surface area (Å²) in [5, 5.41) is 11.3. The number of Topliss-reactive ketones (excluding diaryl/α,β-unsaturated/α-hetero) is 2. The Labute approximate surface area is 122 Å². The molecule has 110 valence electrons. The van der Waals surface area contributed by atoms with Crippen molar-refractivity contribution in [3.8, 4) is 0 Å². The Morgan fingerprint density at radius 3 is 2.33 bits per heavy atom. The zero-order chi connectivity index (χ0) is 15.4. The van der Waals surface area contributed by atoms with Gasteiger partial charge < -0.3 is 10.4 Å². The molecule has 2 N–H and O–H groups in total. The van der Waals surface area contributed by atoms with Gasteiger partial charge in [-0.1, -0.05) is 30.3 Å². The van der Waals surface area contributed by atoms with Crippen LogP contribution in [0.25, 0.3) is 0 Å². The normalized spacial score (nSPS) is 20.0. The first kappa shape index (κ1) is 15.0. The number of allylic oxidation sites excluding steroid dienone is 1. The van der Waals surface area contributed by atoms with Crippen molar-refractivity contribution in [2.24, 2.45) is 0 Å². The molecule has 1 aromatic rings. The number of benzene rings is 1. The van der Waals surface area contributed by atoms with E-state index in [-0.39, 0.29) is 35.9 Å². The third-order valence-electron chi connectivity index (χ3n) is 3.58. The number of carboxylic acid groups (broad SMARTS) is 1. The van der Waals surface area contributed by atoms with Gasteiger partial charge in [0, 0.05) is 19.0 Å². The van der Waals surface area contributed by atoms with E-state index in [1.165, 1.54) is 13.1 Å². The molecule has 1 atom stereocenters. The quantitative estimate of drug-likeness (QED) is 0.650. The van der Waals surface area contributed by atoms with Crippen LogP contribution in [-0.2, 0) is 14.4 Å². The number of nitrogens with one attached hydrogen (secondary N) is 1. The fourth-order valence-corrected chi connectivity index (χ4v) is 2.30. The predicted octanol–water partition coefficient (Wildman–Crippen LogP) is 1.65. The molecule has 0 bridgehead atoms. The Morgan fingerprint density at radius 1 is 1.24 bits per heavy atom. The number of aliphatic carboxylic acids is 1. The number of carbonyl (C=O) groups excluding carboxylic acids is 2. The summed E-state index contributed by atoms with van der Waals surface area (Å²) in [5.41, 5.74) is 1.04. The molecule has 21 heavy (non-hydrogen) atoms. The van der Waals surface area contributed by atoms with Gasteiger partial charge in [0.2, 0.25) is 0 Å². The number of carboxylic acids is 1. The van der Waals surface area contributed by atoms with Crippen LogP contribution in [0.3, 0.4) is 0 Å². The summed E-state index contributed by atoms with van der Waals surface area (Å²) in [4.78, 5) is 34.9. The Hall–Kier alpha value is -2.43. The molecule has 5 nitrogen and oxygen atoms in total. The summed E-state index contributed by atoms with van der Waals surface area (Å²) in [5.74, 6) is -1.62. The summed E-state index contributed by atoms with van der Waals surface area (Å²) in [6.45, 7) is 1.45. The maximum atomic E-state index is 12.1. The molecule has 1 saturated carbocycles. The second kappa shape index (κ2) is 6.35. The Kier molecular flexibility index (Phi) is 4.52. The third-order valence-corrected chi connectivity index (χ3v) is 3.58. The lowest BCUT2D eigenvalue weighted by Crippen LogP contribution is -2.32. The Bertz CT molecular complexity index is 572. The first-order valence-corrected chi connectivity index (χ1v) is 6.79. The molecule has 1 aliphatic rings. The first-order valence-electron chi connectivity index (χ1n) is 6.79. The SMILES string of the molecule is CC(NC=C1C(=O)CC(c2ccccc2)CC1=O)C(=O)O. The molecule has 0 radical (unpaired) electrons. The Morgan fingerprint density at radius 2 is 1.81 bits per heavy atom. The van der Waals surface area contributed by atoms with E-state index in [4.69, 9.17) is 5.11 Å². The van der Waals surface area contributed by atoms with Gasteiger partial charge in [0.25, 0.3) is 0 Å². The van der Waals surface area contributed by atoms with Crippen molar-refractivity contribution in [3.63, 3.8) is 0 Å². The van der Waals surface area contributed by atoms with Crippen molar-refractivity contribution >= 4 is 17.5 Å². The van der Waals surface area contributed by atoms with E-state index in [0.717, 1.165) is 5.56 Å². The van der Waals surface area contributed by atoms with Crippen molar-refractivity contribution in [1.29, 1.82) is 0 Å². The summed E-state index contributed by atoms with van der Waals surface area (Å²) in [6.07, 6.45) is 1.78. The maximum Gasteiger partial charge on any atom is 0.325 e. The molecule has 1 unspecified atom stereocenters. The van der Waals surface area contributed by atoms with Crippen molar-refractivity contribution in [3.05, 3.63) is 47.7 Å². The maximum absolute atomic E-state index is 12.1. The minimum Gasteiger partial charge on any atom is -0.480 e. The van der Waals surface area contributed by atoms with Gasteiger partial charge in [0.1, 0.15) is 6.04 Å². The van der Waals surface area contributed by atoms with E-state index < -0.39 is 12.0 Å². The van der Waals surface area contributed by atoms with E-state index >= 15 is 0 Å². The van der Waals surface area contributed by atoms with E-state index in [2.05, 4.69) is 5.32 Å². The summed E-state index contributed by atoms with van der Waals surface area (Å²) in [6, 6.07) is 8.62. The van der Waals surface area contributed by atoms with Crippen LogP contribution in [0.15, 0.2) is 42.1 Å². The highest BCUT2D eigenvalue weighted by Crippen LogP contribution is 2.31. The van der Waals surface area contributed by atoms with E-state index in [1.54, 1.807) is 0 Å². The standard InChI is InChI=1S/C16H17NO4/c1-10(16(20)21)17-9-13-14(18)7-12(8-15(13)19)11-5-3-2-4-6-11/h2-6,9-10,12,17H,7-8H2,1H3,(H,20,21). The van der Waals surface area contributed by atoms with Crippen LogP contribution < -0.4 is 5.32 Å². The molecule has 0 amide bonds. The number of carbonyl (C=O) groups is 3. The van der Waals surface area contributed by atoms with Gasteiger partial charge in [-0.3, -0.25) is 14.4 Å². The second-order valence-electron chi connectivity index (χ2n) is 5.15. The molecule has 1 aromatic carbocycles. The molecular formula is C16H17NO4. The lowest BCUT2D eigenvalue weighted by atomic mass is 9.80. The molecule has 1 aliphatic carbocycles. The fraction of sp³-hybridized carbons (Fsp3) is 0.312. The van der Waals surface area contributed by atoms with Crippen LogP contribution in [0.2, 0.25) is 0 Å². The molecule has 0 spiro atoms.